The number of fused-ring (bicyclic) bond motifs is 1. The van der Waals surface area contributed by atoms with E-state index < -0.39 is 35.2 Å². The minimum atomic E-state index is -4.59. The number of anilines is 2. The van der Waals surface area contributed by atoms with E-state index in [1.54, 1.807) is 58.2 Å². The molecule has 0 bridgehead atoms. The van der Waals surface area contributed by atoms with Gasteiger partial charge in [0.2, 0.25) is 17.8 Å². The van der Waals surface area contributed by atoms with E-state index in [9.17, 15) is 32.3 Å². The molecule has 4 heterocycles. The van der Waals surface area contributed by atoms with Gasteiger partial charge in [-0.05, 0) is 81.0 Å². The summed E-state index contributed by atoms with van der Waals surface area (Å²) in [5.41, 5.74) is 2.03. The number of halogens is 3. The SMILES string of the molecule is CC(=O)N(C)c1ncc(C#Cc2cccc(CC(=O)Nc3ccc(CN4CCN(CC5CC5)CC4)c(C(F)(F)F)c3)c2)c(-c2cc3c(n2C)CCN(C(=O)OC(C)(C)C)C3=O)n1. The molecule has 1 saturated heterocycles. The number of nitrogens with zero attached hydrogens (tertiary/aromatic N) is 7. The molecule has 1 saturated carbocycles. The summed E-state index contributed by atoms with van der Waals surface area (Å²) >= 11 is 0. The second-order valence-corrected chi connectivity index (χ2v) is 17.2. The number of imide groups is 1. The average molecular weight is 853 g/mol. The molecular formula is C46H51F3N8O5. The second kappa shape index (κ2) is 17.7. The largest absolute Gasteiger partial charge is 0.443 e. The molecule has 7 rings (SSSR count). The van der Waals surface area contributed by atoms with Crippen LogP contribution in [0.1, 0.15) is 84.4 Å². The molecule has 0 atom stereocenters. The number of hydrogen-bond donors (Lipinski definition) is 1. The maximum absolute atomic E-state index is 14.3. The van der Waals surface area contributed by atoms with Crippen LogP contribution in [-0.2, 0) is 46.9 Å². The van der Waals surface area contributed by atoms with Crippen LogP contribution in [0.4, 0.5) is 29.6 Å². The Bertz CT molecular complexity index is 2450. The van der Waals surface area contributed by atoms with Crippen LogP contribution < -0.4 is 10.2 Å². The van der Waals surface area contributed by atoms with Crippen molar-refractivity contribution >= 4 is 35.5 Å². The van der Waals surface area contributed by atoms with E-state index in [1.807, 2.05) is 4.57 Å². The molecular weight excluding hydrogens is 802 g/mol. The van der Waals surface area contributed by atoms with Crippen molar-refractivity contribution in [1.82, 2.24) is 29.2 Å². The third-order valence-corrected chi connectivity index (χ3v) is 11.2. The number of carbonyl (C=O) groups excluding carboxylic acids is 4. The van der Waals surface area contributed by atoms with Gasteiger partial charge in [-0.25, -0.2) is 19.7 Å². The molecule has 0 unspecified atom stereocenters. The fraction of sp³-hybridized carbons (Fsp3) is 0.435. The highest BCUT2D eigenvalue weighted by molar-refractivity contribution is 6.05. The van der Waals surface area contributed by atoms with Gasteiger partial charge in [-0.3, -0.25) is 24.2 Å². The van der Waals surface area contributed by atoms with E-state index in [0.29, 0.717) is 58.8 Å². The van der Waals surface area contributed by atoms with Crippen molar-refractivity contribution in [3.05, 3.63) is 93.8 Å². The first-order valence-corrected chi connectivity index (χ1v) is 20.7. The van der Waals surface area contributed by atoms with Crippen LogP contribution in [0.2, 0.25) is 0 Å². The molecule has 62 heavy (non-hydrogen) atoms. The van der Waals surface area contributed by atoms with Gasteiger partial charge in [-0.15, -0.1) is 0 Å². The zero-order valence-electron chi connectivity index (χ0n) is 35.9. The predicted octanol–water partition coefficient (Wildman–Crippen LogP) is 6.53. The molecule has 3 aliphatic rings. The molecule has 16 heteroatoms. The van der Waals surface area contributed by atoms with Crippen LogP contribution >= 0.6 is 0 Å². The number of alkyl halides is 3. The first-order chi connectivity index (χ1) is 29.3. The third-order valence-electron chi connectivity index (χ3n) is 11.2. The summed E-state index contributed by atoms with van der Waals surface area (Å²) in [5.74, 6) is 5.79. The standard InChI is InChI=1S/C46H51F3N8O5/c1-29(58)53(5)43-50-26-33(41(52-43)39-25-36-38(54(39)6)16-17-57(42(36)60)44(61)62-45(2,3)4)13-12-30-8-7-9-32(22-30)23-40(59)51-35-15-14-34(37(24-35)46(47,48)49)28-56-20-18-55(19-21-56)27-31-10-11-31/h7-9,14-15,22,24-26,31H,10-11,16-21,23,27-28H2,1-6H3,(H,51,59). The van der Waals surface area contributed by atoms with Crippen molar-refractivity contribution < 1.29 is 37.1 Å². The number of nitrogens with one attached hydrogen (secondary N) is 1. The summed E-state index contributed by atoms with van der Waals surface area (Å²) in [4.78, 5) is 67.9. The fourth-order valence-electron chi connectivity index (χ4n) is 7.66. The van der Waals surface area contributed by atoms with Crippen molar-refractivity contribution in [3.63, 3.8) is 0 Å². The van der Waals surface area contributed by atoms with Crippen LogP contribution in [-0.4, -0.2) is 105 Å². The Hall–Kier alpha value is -6.05. The molecule has 2 aromatic heterocycles. The van der Waals surface area contributed by atoms with Crippen molar-refractivity contribution in [2.24, 2.45) is 13.0 Å². The van der Waals surface area contributed by atoms with Crippen LogP contribution in [0.25, 0.3) is 11.4 Å². The molecule has 326 valence electrons. The maximum Gasteiger partial charge on any atom is 0.417 e. The summed E-state index contributed by atoms with van der Waals surface area (Å²) in [6.45, 7) is 11.0. The normalized spacial score (nSPS) is 16.0. The van der Waals surface area contributed by atoms with Crippen LogP contribution in [0.5, 0.6) is 0 Å². The van der Waals surface area contributed by atoms with E-state index in [2.05, 4.69) is 31.9 Å². The number of ether oxygens (including phenoxy) is 1. The first-order valence-electron chi connectivity index (χ1n) is 20.7. The summed E-state index contributed by atoms with van der Waals surface area (Å²) < 4.78 is 50.2. The van der Waals surface area contributed by atoms with Gasteiger partial charge in [0.05, 0.1) is 28.8 Å². The molecule has 2 aromatic carbocycles. The molecule has 2 fully saturated rings. The lowest BCUT2D eigenvalue weighted by Crippen LogP contribution is -2.46. The Morgan fingerprint density at radius 2 is 1.69 bits per heavy atom. The summed E-state index contributed by atoms with van der Waals surface area (Å²) in [6, 6.07) is 12.5. The maximum atomic E-state index is 14.3. The number of benzene rings is 2. The summed E-state index contributed by atoms with van der Waals surface area (Å²) in [5, 5.41) is 2.64. The van der Waals surface area contributed by atoms with Gasteiger partial charge in [0, 0.05) is 96.4 Å². The number of amides is 4. The van der Waals surface area contributed by atoms with Crippen molar-refractivity contribution in [1.29, 1.82) is 0 Å². The molecule has 4 amide bonds. The van der Waals surface area contributed by atoms with E-state index in [1.165, 1.54) is 50.0 Å². The predicted molar refractivity (Wildman–Crippen MR) is 227 cm³/mol. The van der Waals surface area contributed by atoms with Crippen LogP contribution in [0.15, 0.2) is 54.7 Å². The van der Waals surface area contributed by atoms with Gasteiger partial charge in [0.1, 0.15) is 11.3 Å². The highest BCUT2D eigenvalue weighted by Gasteiger charge is 2.37. The minimum absolute atomic E-state index is 0.0595. The number of piperazine rings is 1. The molecule has 0 radical (unpaired) electrons. The number of aromatic nitrogens is 3. The Kier molecular flexibility index (Phi) is 12.6. The zero-order valence-corrected chi connectivity index (χ0v) is 35.9. The average Bonchev–Trinajstić information content (AvgIpc) is 3.96. The van der Waals surface area contributed by atoms with E-state index in [0.717, 1.165) is 36.5 Å². The molecule has 1 aliphatic carbocycles. The third kappa shape index (κ3) is 10.5. The molecule has 13 nitrogen and oxygen atoms in total. The zero-order chi connectivity index (χ0) is 44.5. The van der Waals surface area contributed by atoms with E-state index in [-0.39, 0.29) is 42.6 Å². The first kappa shape index (κ1) is 44.0. The van der Waals surface area contributed by atoms with Crippen molar-refractivity contribution in [3.8, 4) is 23.2 Å². The molecule has 0 spiro atoms. The highest BCUT2D eigenvalue weighted by Crippen LogP contribution is 2.36. The Morgan fingerprint density at radius 3 is 2.37 bits per heavy atom. The van der Waals surface area contributed by atoms with Gasteiger partial charge in [0.25, 0.3) is 5.91 Å². The van der Waals surface area contributed by atoms with Gasteiger partial charge < -0.3 is 19.5 Å². The van der Waals surface area contributed by atoms with E-state index >= 15 is 0 Å². The van der Waals surface area contributed by atoms with Gasteiger partial charge >= 0.3 is 12.3 Å². The van der Waals surface area contributed by atoms with Crippen molar-refractivity contribution in [2.45, 2.75) is 71.7 Å². The Balaban J connectivity index is 1.07. The molecule has 1 N–H and O–H groups in total. The summed E-state index contributed by atoms with van der Waals surface area (Å²) in [6.07, 6.45) is -1.06. The number of hydrogen-bond acceptors (Lipinski definition) is 9. The summed E-state index contributed by atoms with van der Waals surface area (Å²) in [7, 11) is 3.32. The molecule has 4 aromatic rings. The monoisotopic (exact) mass is 852 g/mol. The topological polar surface area (TPSA) is 133 Å². The highest BCUT2D eigenvalue weighted by atomic mass is 19.4. The lowest BCUT2D eigenvalue weighted by molar-refractivity contribution is -0.138. The lowest BCUT2D eigenvalue weighted by atomic mass is 10.0. The number of rotatable bonds is 9. The van der Waals surface area contributed by atoms with Crippen LogP contribution in [0, 0.1) is 17.8 Å². The van der Waals surface area contributed by atoms with E-state index in [4.69, 9.17) is 9.72 Å². The quantitative estimate of drug-likeness (QED) is 0.187. The smallest absolute Gasteiger partial charge is 0.417 e. The van der Waals surface area contributed by atoms with Crippen molar-refractivity contribution in [2.75, 3.05) is 56.5 Å². The van der Waals surface area contributed by atoms with Crippen LogP contribution in [0.3, 0.4) is 0 Å². The molecule has 2 aliphatic heterocycles. The van der Waals surface area contributed by atoms with Gasteiger partial charge in [-0.1, -0.05) is 30.0 Å². The van der Waals surface area contributed by atoms with Gasteiger partial charge in [0.15, 0.2) is 0 Å². The Labute approximate surface area is 359 Å². The van der Waals surface area contributed by atoms with Gasteiger partial charge in [-0.2, -0.15) is 13.2 Å². The second-order valence-electron chi connectivity index (χ2n) is 17.2. The minimum Gasteiger partial charge on any atom is -0.443 e. The Morgan fingerprint density at radius 1 is 0.968 bits per heavy atom. The fourth-order valence-corrected chi connectivity index (χ4v) is 7.66. The number of carbonyl (C=O) groups is 4. The lowest BCUT2D eigenvalue weighted by Gasteiger charge is -2.35.